The lowest BCUT2D eigenvalue weighted by Crippen LogP contribution is -2.35. The Hall–Kier alpha value is -2.61. The first-order valence-electron chi connectivity index (χ1n) is 8.11. The van der Waals surface area contributed by atoms with Crippen LogP contribution in [0.25, 0.3) is 0 Å². The summed E-state index contributed by atoms with van der Waals surface area (Å²) in [7, 11) is -3.80. The molecule has 0 aliphatic carbocycles. The van der Waals surface area contributed by atoms with E-state index in [9.17, 15) is 17.6 Å². The number of anilines is 1. The molecule has 0 heterocycles. The van der Waals surface area contributed by atoms with Crippen molar-refractivity contribution >= 4 is 21.6 Å². The number of carbonyl (C=O) groups excluding carboxylic acids is 1. The van der Waals surface area contributed by atoms with Gasteiger partial charge < -0.3 is 10.1 Å². The molecule has 2 aromatic rings. The molecule has 1 amide bonds. The number of carbonyl (C=O) groups is 1. The van der Waals surface area contributed by atoms with Gasteiger partial charge in [0.1, 0.15) is 11.6 Å². The van der Waals surface area contributed by atoms with Crippen molar-refractivity contribution < 1.29 is 22.3 Å². The van der Waals surface area contributed by atoms with Gasteiger partial charge in [-0.2, -0.15) is 0 Å². The molecule has 0 spiro atoms. The molecule has 0 aliphatic rings. The van der Waals surface area contributed by atoms with Crippen LogP contribution >= 0.6 is 0 Å². The lowest BCUT2D eigenvalue weighted by molar-refractivity contribution is -0.123. The second-order valence-electron chi connectivity index (χ2n) is 5.75. The number of amides is 1. The van der Waals surface area contributed by atoms with E-state index in [-0.39, 0.29) is 29.1 Å². The fourth-order valence-corrected chi connectivity index (χ4v) is 3.07. The molecule has 0 saturated heterocycles. The largest absolute Gasteiger partial charge is 0.484 e. The van der Waals surface area contributed by atoms with Gasteiger partial charge in [-0.3, -0.25) is 9.52 Å². The number of rotatable bonds is 8. The van der Waals surface area contributed by atoms with Crippen molar-refractivity contribution in [3.63, 3.8) is 0 Å². The van der Waals surface area contributed by atoms with Gasteiger partial charge in [-0.1, -0.05) is 6.92 Å². The summed E-state index contributed by atoms with van der Waals surface area (Å²) < 4.78 is 45.2. The third-order valence-electron chi connectivity index (χ3n) is 3.62. The van der Waals surface area contributed by atoms with E-state index in [0.29, 0.717) is 5.75 Å². The Morgan fingerprint density at radius 3 is 2.31 bits per heavy atom. The zero-order valence-electron chi connectivity index (χ0n) is 14.5. The molecular formula is C18H21FN2O4S. The van der Waals surface area contributed by atoms with E-state index in [1.807, 2.05) is 13.8 Å². The fraction of sp³-hybridized carbons (Fsp3) is 0.278. The molecule has 0 saturated carbocycles. The van der Waals surface area contributed by atoms with E-state index in [1.54, 1.807) is 0 Å². The number of nitrogens with one attached hydrogen (secondary N) is 2. The van der Waals surface area contributed by atoms with Gasteiger partial charge in [0.15, 0.2) is 6.61 Å². The molecule has 26 heavy (non-hydrogen) atoms. The van der Waals surface area contributed by atoms with E-state index in [2.05, 4.69) is 10.0 Å². The fourth-order valence-electron chi connectivity index (χ4n) is 2.01. The predicted molar refractivity (Wildman–Crippen MR) is 97.0 cm³/mol. The number of benzene rings is 2. The molecule has 0 aliphatic heterocycles. The second-order valence-corrected chi connectivity index (χ2v) is 7.43. The maximum atomic E-state index is 12.9. The summed E-state index contributed by atoms with van der Waals surface area (Å²) in [6.07, 6.45) is 0.819. The highest BCUT2D eigenvalue weighted by molar-refractivity contribution is 7.92. The molecule has 8 heteroatoms. The zero-order chi connectivity index (χ0) is 19.2. The molecule has 140 valence electrons. The maximum Gasteiger partial charge on any atom is 0.261 e. The van der Waals surface area contributed by atoms with E-state index >= 15 is 0 Å². The first-order valence-corrected chi connectivity index (χ1v) is 9.59. The summed E-state index contributed by atoms with van der Waals surface area (Å²) in [6, 6.07) is 10.7. The summed E-state index contributed by atoms with van der Waals surface area (Å²) in [6.45, 7) is 3.71. The first kappa shape index (κ1) is 19.7. The Kier molecular flexibility index (Phi) is 6.57. The van der Waals surface area contributed by atoms with Gasteiger partial charge in [0, 0.05) is 11.7 Å². The van der Waals surface area contributed by atoms with Gasteiger partial charge in [-0.25, -0.2) is 12.8 Å². The van der Waals surface area contributed by atoms with Crippen LogP contribution < -0.4 is 14.8 Å². The summed E-state index contributed by atoms with van der Waals surface area (Å²) in [5, 5.41) is 2.77. The monoisotopic (exact) mass is 380 g/mol. The Morgan fingerprint density at radius 2 is 1.73 bits per heavy atom. The van der Waals surface area contributed by atoms with Gasteiger partial charge in [0.2, 0.25) is 0 Å². The normalized spacial score (nSPS) is 12.3. The highest BCUT2D eigenvalue weighted by atomic mass is 32.2. The maximum absolute atomic E-state index is 12.9. The Morgan fingerprint density at radius 1 is 1.12 bits per heavy atom. The number of ether oxygens (including phenoxy) is 1. The minimum Gasteiger partial charge on any atom is -0.484 e. The molecule has 0 fully saturated rings. The summed E-state index contributed by atoms with van der Waals surface area (Å²) in [5.41, 5.74) is 0.258. The molecule has 2 N–H and O–H groups in total. The van der Waals surface area contributed by atoms with Crippen LogP contribution in [0.2, 0.25) is 0 Å². The van der Waals surface area contributed by atoms with Gasteiger partial charge in [-0.05, 0) is 61.9 Å². The molecule has 6 nitrogen and oxygen atoms in total. The third-order valence-corrected chi connectivity index (χ3v) is 5.02. The molecule has 2 rings (SSSR count). The van der Waals surface area contributed by atoms with Crippen LogP contribution in [0, 0.1) is 5.82 Å². The van der Waals surface area contributed by atoms with Crippen LogP contribution in [0.1, 0.15) is 20.3 Å². The van der Waals surface area contributed by atoms with Gasteiger partial charge in [0.25, 0.3) is 15.9 Å². The number of sulfonamides is 1. The van der Waals surface area contributed by atoms with Crippen LogP contribution in [-0.2, 0) is 14.8 Å². The van der Waals surface area contributed by atoms with Gasteiger partial charge in [-0.15, -0.1) is 0 Å². The predicted octanol–water partition coefficient (Wildman–Crippen LogP) is 2.92. The SMILES string of the molecule is CC[C@H](C)NC(=O)COc1ccc(S(=O)(=O)Nc2ccc(F)cc2)cc1. The van der Waals surface area contributed by atoms with Gasteiger partial charge in [0.05, 0.1) is 4.90 Å². The number of halogens is 1. The van der Waals surface area contributed by atoms with E-state index in [4.69, 9.17) is 4.74 Å². The van der Waals surface area contributed by atoms with Crippen molar-refractivity contribution in [2.75, 3.05) is 11.3 Å². The van der Waals surface area contributed by atoms with Crippen molar-refractivity contribution in [3.05, 3.63) is 54.3 Å². The van der Waals surface area contributed by atoms with Crippen molar-refractivity contribution in [2.24, 2.45) is 0 Å². The molecular weight excluding hydrogens is 359 g/mol. The van der Waals surface area contributed by atoms with Crippen molar-refractivity contribution in [1.82, 2.24) is 5.32 Å². The van der Waals surface area contributed by atoms with E-state index in [0.717, 1.165) is 6.42 Å². The molecule has 0 aromatic heterocycles. The summed E-state index contributed by atoms with van der Waals surface area (Å²) >= 11 is 0. The zero-order valence-corrected chi connectivity index (χ0v) is 15.3. The highest BCUT2D eigenvalue weighted by Gasteiger charge is 2.14. The average molecular weight is 380 g/mol. The third kappa shape index (κ3) is 5.73. The Bertz CT molecular complexity index is 836. The van der Waals surface area contributed by atoms with Crippen LogP contribution in [0.3, 0.4) is 0 Å². The first-order chi connectivity index (χ1) is 12.3. The van der Waals surface area contributed by atoms with Gasteiger partial charge >= 0.3 is 0 Å². The molecule has 1 atom stereocenters. The standard InChI is InChI=1S/C18H21FN2O4S/c1-3-13(2)20-18(22)12-25-16-8-10-17(11-9-16)26(23,24)21-15-6-4-14(19)5-7-15/h4-11,13,21H,3,12H2,1-2H3,(H,20,22)/t13-/m0/s1. The highest BCUT2D eigenvalue weighted by Crippen LogP contribution is 2.19. The number of hydrogen-bond donors (Lipinski definition) is 2. The molecule has 0 bridgehead atoms. The topological polar surface area (TPSA) is 84.5 Å². The molecule has 0 radical (unpaired) electrons. The summed E-state index contributed by atoms with van der Waals surface area (Å²) in [4.78, 5) is 11.7. The quantitative estimate of drug-likeness (QED) is 0.737. The van der Waals surface area contributed by atoms with Crippen molar-refractivity contribution in [3.8, 4) is 5.75 Å². The van der Waals surface area contributed by atoms with Crippen molar-refractivity contribution in [1.29, 1.82) is 0 Å². The molecule has 0 unspecified atom stereocenters. The van der Waals surface area contributed by atoms with Crippen LogP contribution in [-0.4, -0.2) is 27.0 Å². The van der Waals surface area contributed by atoms with Crippen LogP contribution in [0.5, 0.6) is 5.75 Å². The average Bonchev–Trinajstić information content (AvgIpc) is 2.62. The lowest BCUT2D eigenvalue weighted by atomic mass is 10.2. The molecule has 2 aromatic carbocycles. The Labute approximate surface area is 152 Å². The second kappa shape index (κ2) is 8.66. The minimum atomic E-state index is -3.80. The summed E-state index contributed by atoms with van der Waals surface area (Å²) in [5.74, 6) is -0.314. The minimum absolute atomic E-state index is 0.0261. The van der Waals surface area contributed by atoms with Crippen LogP contribution in [0.4, 0.5) is 10.1 Å². The van der Waals surface area contributed by atoms with E-state index in [1.165, 1.54) is 48.5 Å². The lowest BCUT2D eigenvalue weighted by Gasteiger charge is -2.12. The Balaban J connectivity index is 1.97. The van der Waals surface area contributed by atoms with Crippen LogP contribution in [0.15, 0.2) is 53.4 Å². The van der Waals surface area contributed by atoms with E-state index < -0.39 is 15.8 Å². The smallest absolute Gasteiger partial charge is 0.261 e. The van der Waals surface area contributed by atoms with Crippen molar-refractivity contribution in [2.45, 2.75) is 31.2 Å². The number of hydrogen-bond acceptors (Lipinski definition) is 4.